The quantitative estimate of drug-likeness (QED) is 0.179. The predicted octanol–water partition coefficient (Wildman–Crippen LogP) is 9.01. The molecule has 0 atom stereocenters. The van der Waals surface area contributed by atoms with Crippen LogP contribution in [0.5, 0.6) is 5.75 Å². The van der Waals surface area contributed by atoms with E-state index in [1.165, 1.54) is 53.0 Å². The molecule has 3 heteroatoms. The highest BCUT2D eigenvalue weighted by atomic mass is 32.2. The highest BCUT2D eigenvalue weighted by Crippen LogP contribution is 2.29. The molecule has 0 aromatic heterocycles. The first kappa shape index (κ1) is 23.8. The lowest BCUT2D eigenvalue weighted by Gasteiger charge is -2.12. The van der Waals surface area contributed by atoms with Crippen LogP contribution in [0, 0.1) is 0 Å². The van der Waals surface area contributed by atoms with Crippen LogP contribution in [0.4, 0.5) is 0 Å². The Morgan fingerprint density at radius 2 is 1.13 bits per heavy atom. The van der Waals surface area contributed by atoms with Crippen LogP contribution in [-0.4, -0.2) is 6.61 Å². The fourth-order valence-corrected chi connectivity index (χ4v) is 5.12. The molecule has 3 aromatic rings. The second-order valence-electron chi connectivity index (χ2n) is 7.80. The largest absolute Gasteiger partial charge is 0.494 e. The Hall–Kier alpha value is -1.84. The van der Waals surface area contributed by atoms with Crippen molar-refractivity contribution in [2.75, 3.05) is 6.61 Å². The molecule has 0 heterocycles. The highest BCUT2D eigenvalue weighted by Gasteiger charge is 2.05. The summed E-state index contributed by atoms with van der Waals surface area (Å²) in [6.07, 6.45) is 7.73. The fourth-order valence-electron chi connectivity index (χ4n) is 3.42. The van der Waals surface area contributed by atoms with E-state index in [-0.39, 0.29) is 0 Å². The molecular weight excluding hydrogens is 416 g/mol. The van der Waals surface area contributed by atoms with Crippen molar-refractivity contribution < 1.29 is 4.74 Å². The van der Waals surface area contributed by atoms with Gasteiger partial charge < -0.3 is 4.74 Å². The molecule has 0 aliphatic heterocycles. The minimum Gasteiger partial charge on any atom is -0.494 e. The summed E-state index contributed by atoms with van der Waals surface area (Å²) in [6.45, 7) is 3.08. The van der Waals surface area contributed by atoms with Crippen LogP contribution in [0.15, 0.2) is 88.7 Å². The first-order chi connectivity index (χ1) is 15.3. The Morgan fingerprint density at radius 3 is 1.68 bits per heavy atom. The molecule has 0 unspecified atom stereocenters. The molecule has 0 aliphatic carbocycles. The van der Waals surface area contributed by atoms with Crippen molar-refractivity contribution >= 4 is 23.5 Å². The van der Waals surface area contributed by atoms with Gasteiger partial charge in [0.15, 0.2) is 0 Å². The molecule has 3 rings (SSSR count). The number of ether oxygens (including phenoxy) is 1. The van der Waals surface area contributed by atoms with E-state index in [0.29, 0.717) is 0 Å². The molecule has 0 fully saturated rings. The number of hydrogen-bond donors (Lipinski definition) is 0. The van der Waals surface area contributed by atoms with E-state index in [9.17, 15) is 0 Å². The SMILES string of the molecule is CCCCCCCCOc1cc(CSc2ccccc2)cc(CSc2ccccc2)c1. The van der Waals surface area contributed by atoms with Crippen molar-refractivity contribution in [3.05, 3.63) is 90.0 Å². The molecule has 3 aromatic carbocycles. The molecule has 0 N–H and O–H groups in total. The second kappa shape index (κ2) is 14.3. The Labute approximate surface area is 197 Å². The molecule has 31 heavy (non-hydrogen) atoms. The van der Waals surface area contributed by atoms with Gasteiger partial charge in [0.1, 0.15) is 5.75 Å². The number of unbranched alkanes of at least 4 members (excludes halogenated alkanes) is 5. The van der Waals surface area contributed by atoms with Gasteiger partial charge >= 0.3 is 0 Å². The minimum absolute atomic E-state index is 0.812. The van der Waals surface area contributed by atoms with Gasteiger partial charge in [0.2, 0.25) is 0 Å². The Balaban J connectivity index is 1.58. The van der Waals surface area contributed by atoms with Crippen LogP contribution in [-0.2, 0) is 11.5 Å². The van der Waals surface area contributed by atoms with Gasteiger partial charge in [-0.15, -0.1) is 23.5 Å². The lowest BCUT2D eigenvalue weighted by molar-refractivity contribution is 0.304. The summed E-state index contributed by atoms with van der Waals surface area (Å²) in [5.41, 5.74) is 2.66. The molecule has 1 nitrogen and oxygen atoms in total. The standard InChI is InChI=1S/C28H34OS2/c1-2-3-4-5-6-13-18-29-26-20-24(22-30-27-14-9-7-10-15-27)19-25(21-26)23-31-28-16-11-8-12-17-28/h7-12,14-17,19-21H,2-6,13,18,22-23H2,1H3. The summed E-state index contributed by atoms with van der Waals surface area (Å²) < 4.78 is 6.18. The smallest absolute Gasteiger partial charge is 0.119 e. The van der Waals surface area contributed by atoms with Gasteiger partial charge in [0.05, 0.1) is 6.61 Å². The van der Waals surface area contributed by atoms with Crippen LogP contribution in [0.25, 0.3) is 0 Å². The zero-order valence-corrected chi connectivity index (χ0v) is 20.2. The van der Waals surface area contributed by atoms with Crippen LogP contribution < -0.4 is 4.74 Å². The fraction of sp³-hybridized carbons (Fsp3) is 0.357. The normalized spacial score (nSPS) is 10.9. The third-order valence-electron chi connectivity index (χ3n) is 5.09. The van der Waals surface area contributed by atoms with Crippen LogP contribution in [0.3, 0.4) is 0 Å². The van der Waals surface area contributed by atoms with Crippen LogP contribution in [0.1, 0.15) is 56.6 Å². The van der Waals surface area contributed by atoms with Crippen molar-refractivity contribution in [2.45, 2.75) is 66.7 Å². The summed E-state index contributed by atoms with van der Waals surface area (Å²) >= 11 is 3.77. The van der Waals surface area contributed by atoms with Crippen LogP contribution >= 0.6 is 23.5 Å². The summed E-state index contributed by atoms with van der Waals surface area (Å²) in [4.78, 5) is 2.61. The van der Waals surface area contributed by atoms with Gasteiger partial charge in [-0.25, -0.2) is 0 Å². The van der Waals surface area contributed by atoms with E-state index in [1.807, 2.05) is 23.5 Å². The van der Waals surface area contributed by atoms with E-state index >= 15 is 0 Å². The van der Waals surface area contributed by atoms with E-state index < -0.39 is 0 Å². The Kier molecular flexibility index (Phi) is 11.0. The zero-order valence-electron chi connectivity index (χ0n) is 18.6. The average Bonchev–Trinajstić information content (AvgIpc) is 2.82. The van der Waals surface area contributed by atoms with E-state index in [1.54, 1.807) is 0 Å². The molecule has 0 bridgehead atoms. The molecule has 0 saturated heterocycles. The van der Waals surface area contributed by atoms with E-state index in [4.69, 9.17) is 4.74 Å². The zero-order chi connectivity index (χ0) is 21.6. The summed E-state index contributed by atoms with van der Waals surface area (Å²) in [5, 5.41) is 0. The summed E-state index contributed by atoms with van der Waals surface area (Å²) in [7, 11) is 0. The van der Waals surface area contributed by atoms with Gasteiger partial charge in [-0.2, -0.15) is 0 Å². The lowest BCUT2D eigenvalue weighted by Crippen LogP contribution is -1.99. The molecule has 0 radical (unpaired) electrons. The molecule has 0 saturated carbocycles. The van der Waals surface area contributed by atoms with Gasteiger partial charge in [0.25, 0.3) is 0 Å². The number of benzene rings is 3. The average molecular weight is 451 g/mol. The summed E-state index contributed by atoms with van der Waals surface area (Å²) in [6, 6.07) is 28.0. The van der Waals surface area contributed by atoms with Gasteiger partial charge in [-0.05, 0) is 53.9 Å². The predicted molar refractivity (Wildman–Crippen MR) is 137 cm³/mol. The molecule has 0 aliphatic rings. The van der Waals surface area contributed by atoms with Crippen LogP contribution in [0.2, 0.25) is 0 Å². The topological polar surface area (TPSA) is 9.23 Å². The van der Waals surface area contributed by atoms with E-state index in [0.717, 1.165) is 30.3 Å². The van der Waals surface area contributed by atoms with E-state index in [2.05, 4.69) is 85.8 Å². The third-order valence-corrected chi connectivity index (χ3v) is 7.26. The first-order valence-corrected chi connectivity index (χ1v) is 13.4. The molecule has 164 valence electrons. The van der Waals surface area contributed by atoms with Crippen molar-refractivity contribution in [1.82, 2.24) is 0 Å². The van der Waals surface area contributed by atoms with Crippen molar-refractivity contribution in [1.29, 1.82) is 0 Å². The minimum atomic E-state index is 0.812. The summed E-state index contributed by atoms with van der Waals surface area (Å²) in [5.74, 6) is 2.94. The van der Waals surface area contributed by atoms with Gasteiger partial charge in [-0.1, -0.05) is 81.5 Å². The monoisotopic (exact) mass is 450 g/mol. The van der Waals surface area contributed by atoms with Crippen molar-refractivity contribution in [3.8, 4) is 5.75 Å². The number of hydrogen-bond acceptors (Lipinski definition) is 3. The Morgan fingerprint density at radius 1 is 0.613 bits per heavy atom. The van der Waals surface area contributed by atoms with Gasteiger partial charge in [-0.3, -0.25) is 0 Å². The maximum Gasteiger partial charge on any atom is 0.119 e. The Bertz CT molecular complexity index is 803. The maximum atomic E-state index is 6.18. The molecule has 0 amide bonds. The van der Waals surface area contributed by atoms with Crippen molar-refractivity contribution in [2.24, 2.45) is 0 Å². The van der Waals surface area contributed by atoms with Gasteiger partial charge in [0, 0.05) is 21.3 Å². The second-order valence-corrected chi connectivity index (χ2v) is 9.90. The molecular formula is C28H34OS2. The molecule has 0 spiro atoms. The highest BCUT2D eigenvalue weighted by molar-refractivity contribution is 7.98. The lowest BCUT2D eigenvalue weighted by atomic mass is 10.1. The first-order valence-electron chi connectivity index (χ1n) is 11.4. The number of thioether (sulfide) groups is 2. The number of rotatable bonds is 14. The maximum absolute atomic E-state index is 6.18. The van der Waals surface area contributed by atoms with Crippen molar-refractivity contribution in [3.63, 3.8) is 0 Å². The third kappa shape index (κ3) is 9.45.